The molecular weight excluding hydrogens is 266 g/mol. The smallest absolute Gasteiger partial charge is 0.123 e. The van der Waals surface area contributed by atoms with Gasteiger partial charge in [-0.15, -0.1) is 0 Å². The van der Waals surface area contributed by atoms with Gasteiger partial charge in [0.15, 0.2) is 0 Å². The highest BCUT2D eigenvalue weighted by Crippen LogP contribution is 2.18. The Balaban J connectivity index is 1.69. The number of nitrogens with zero attached hydrogens (tertiary/aromatic N) is 3. The van der Waals surface area contributed by atoms with Gasteiger partial charge in [0.05, 0.1) is 19.2 Å². The number of nitriles is 1. The van der Waals surface area contributed by atoms with E-state index in [0.717, 1.165) is 44.2 Å². The van der Waals surface area contributed by atoms with Crippen molar-refractivity contribution in [1.29, 1.82) is 5.26 Å². The second kappa shape index (κ2) is 7.87. The van der Waals surface area contributed by atoms with Gasteiger partial charge in [0.2, 0.25) is 0 Å². The van der Waals surface area contributed by atoms with Gasteiger partial charge < -0.3 is 9.47 Å². The average molecular weight is 289 g/mol. The van der Waals surface area contributed by atoms with Crippen molar-refractivity contribution in [2.75, 3.05) is 46.4 Å². The molecule has 0 radical (unpaired) electrons. The van der Waals surface area contributed by atoms with Crippen molar-refractivity contribution in [3.8, 4) is 17.6 Å². The summed E-state index contributed by atoms with van der Waals surface area (Å²) in [5, 5.41) is 8.93. The number of ether oxygens (including phenoxy) is 2. The largest absolute Gasteiger partial charge is 0.497 e. The summed E-state index contributed by atoms with van der Waals surface area (Å²) in [6.45, 7) is 7.43. The molecule has 0 N–H and O–H groups in total. The van der Waals surface area contributed by atoms with Gasteiger partial charge in [-0.2, -0.15) is 5.26 Å². The third kappa shape index (κ3) is 4.62. The van der Waals surface area contributed by atoms with Crippen molar-refractivity contribution < 1.29 is 9.47 Å². The monoisotopic (exact) mass is 289 g/mol. The molecule has 1 fully saturated rings. The normalized spacial score (nSPS) is 18.0. The maximum Gasteiger partial charge on any atom is 0.123 e. The van der Waals surface area contributed by atoms with Crippen LogP contribution < -0.4 is 9.47 Å². The van der Waals surface area contributed by atoms with E-state index in [9.17, 15) is 0 Å². The van der Waals surface area contributed by atoms with E-state index < -0.39 is 0 Å². The highest BCUT2D eigenvalue weighted by atomic mass is 16.5. The van der Waals surface area contributed by atoms with Gasteiger partial charge in [0, 0.05) is 38.8 Å². The molecule has 5 heteroatoms. The predicted molar refractivity (Wildman–Crippen MR) is 81.6 cm³/mol. The van der Waals surface area contributed by atoms with Crippen LogP contribution in [0.2, 0.25) is 0 Å². The minimum absolute atomic E-state index is 0.0141. The topological polar surface area (TPSA) is 48.7 Å². The van der Waals surface area contributed by atoms with E-state index in [1.165, 1.54) is 0 Å². The molecule has 0 bridgehead atoms. The first-order valence-corrected chi connectivity index (χ1v) is 7.36. The third-order valence-corrected chi connectivity index (χ3v) is 3.86. The maximum atomic E-state index is 8.93. The molecule has 1 aliphatic heterocycles. The summed E-state index contributed by atoms with van der Waals surface area (Å²) in [4.78, 5) is 4.60. The first kappa shape index (κ1) is 15.6. The van der Waals surface area contributed by atoms with Crippen LogP contribution in [0.3, 0.4) is 0 Å². The highest BCUT2D eigenvalue weighted by molar-refractivity contribution is 5.32. The molecule has 0 aliphatic carbocycles. The van der Waals surface area contributed by atoms with Crippen LogP contribution in [0.1, 0.15) is 6.92 Å². The number of benzene rings is 1. The van der Waals surface area contributed by atoms with E-state index in [1.54, 1.807) is 7.11 Å². The van der Waals surface area contributed by atoms with Crippen LogP contribution in [0, 0.1) is 11.3 Å². The molecule has 0 aromatic heterocycles. The molecule has 1 atom stereocenters. The number of piperazine rings is 1. The summed E-state index contributed by atoms with van der Waals surface area (Å²) in [5.74, 6) is 1.65. The molecule has 21 heavy (non-hydrogen) atoms. The van der Waals surface area contributed by atoms with Crippen molar-refractivity contribution in [1.82, 2.24) is 9.80 Å². The Morgan fingerprint density at radius 1 is 1.24 bits per heavy atom. The molecule has 1 saturated heterocycles. The van der Waals surface area contributed by atoms with Gasteiger partial charge in [-0.25, -0.2) is 0 Å². The minimum atomic E-state index is 0.0141. The van der Waals surface area contributed by atoms with E-state index >= 15 is 0 Å². The third-order valence-electron chi connectivity index (χ3n) is 3.86. The zero-order valence-electron chi connectivity index (χ0n) is 12.8. The minimum Gasteiger partial charge on any atom is -0.497 e. The zero-order chi connectivity index (χ0) is 15.1. The quantitative estimate of drug-likeness (QED) is 0.796. The van der Waals surface area contributed by atoms with E-state index in [4.69, 9.17) is 14.7 Å². The molecule has 1 aromatic rings. The summed E-state index contributed by atoms with van der Waals surface area (Å²) in [6.07, 6.45) is 0. The van der Waals surface area contributed by atoms with Gasteiger partial charge in [-0.1, -0.05) is 6.07 Å². The van der Waals surface area contributed by atoms with Crippen LogP contribution in [0.15, 0.2) is 24.3 Å². The Bertz CT molecular complexity index is 479. The van der Waals surface area contributed by atoms with Gasteiger partial charge >= 0.3 is 0 Å². The van der Waals surface area contributed by atoms with Crippen molar-refractivity contribution in [2.24, 2.45) is 0 Å². The second-order valence-electron chi connectivity index (χ2n) is 5.21. The number of rotatable bonds is 6. The lowest BCUT2D eigenvalue weighted by Crippen LogP contribution is -2.50. The number of hydrogen-bond acceptors (Lipinski definition) is 5. The Morgan fingerprint density at radius 2 is 1.95 bits per heavy atom. The summed E-state index contributed by atoms with van der Waals surface area (Å²) < 4.78 is 10.9. The van der Waals surface area contributed by atoms with Gasteiger partial charge in [-0.05, 0) is 19.1 Å². The van der Waals surface area contributed by atoms with Crippen molar-refractivity contribution >= 4 is 0 Å². The number of methoxy groups -OCH3 is 1. The Morgan fingerprint density at radius 3 is 2.62 bits per heavy atom. The van der Waals surface area contributed by atoms with Gasteiger partial charge in [-0.3, -0.25) is 9.80 Å². The van der Waals surface area contributed by atoms with Gasteiger partial charge in [0.1, 0.15) is 18.1 Å². The molecular formula is C16H23N3O2. The molecule has 2 rings (SSSR count). The van der Waals surface area contributed by atoms with E-state index in [0.29, 0.717) is 6.61 Å². The number of hydrogen-bond donors (Lipinski definition) is 0. The molecule has 0 spiro atoms. The van der Waals surface area contributed by atoms with Crippen LogP contribution >= 0.6 is 0 Å². The highest BCUT2D eigenvalue weighted by Gasteiger charge is 2.20. The van der Waals surface area contributed by atoms with Crippen molar-refractivity contribution in [2.45, 2.75) is 13.0 Å². The average Bonchev–Trinajstić information content (AvgIpc) is 2.55. The molecule has 114 valence electrons. The predicted octanol–water partition coefficient (Wildman–Crippen LogP) is 1.60. The standard InChI is InChI=1S/C16H23N3O2/c1-14(13-17)19-8-6-18(7-9-19)10-11-21-16-5-3-4-15(12-16)20-2/h3-5,12,14H,6-11H2,1-2H3/t14-/m1/s1. The summed E-state index contributed by atoms with van der Waals surface area (Å²) in [6, 6.07) is 9.98. The Labute approximate surface area is 126 Å². The molecule has 5 nitrogen and oxygen atoms in total. The fourth-order valence-electron chi connectivity index (χ4n) is 2.44. The van der Waals surface area contributed by atoms with Crippen LogP contribution in [0.5, 0.6) is 11.5 Å². The van der Waals surface area contributed by atoms with Crippen LogP contribution in [-0.2, 0) is 0 Å². The molecule has 0 unspecified atom stereocenters. The lowest BCUT2D eigenvalue weighted by molar-refractivity contribution is 0.106. The molecule has 0 saturated carbocycles. The summed E-state index contributed by atoms with van der Waals surface area (Å²) in [7, 11) is 1.65. The first-order chi connectivity index (χ1) is 10.2. The Kier molecular flexibility index (Phi) is 5.85. The SMILES string of the molecule is COc1cccc(OCCN2CCN([C@H](C)C#N)CC2)c1. The van der Waals surface area contributed by atoms with Crippen molar-refractivity contribution in [3.63, 3.8) is 0 Å². The lowest BCUT2D eigenvalue weighted by atomic mass is 10.2. The maximum absolute atomic E-state index is 8.93. The van der Waals surface area contributed by atoms with E-state index in [1.807, 2.05) is 31.2 Å². The van der Waals surface area contributed by atoms with Crippen LogP contribution in [0.4, 0.5) is 0 Å². The lowest BCUT2D eigenvalue weighted by Gasteiger charge is -2.35. The van der Waals surface area contributed by atoms with Crippen LogP contribution in [-0.4, -0.2) is 62.3 Å². The molecule has 1 heterocycles. The fraction of sp³-hybridized carbons (Fsp3) is 0.562. The Hall–Kier alpha value is -1.77. The first-order valence-electron chi connectivity index (χ1n) is 7.36. The van der Waals surface area contributed by atoms with E-state index in [2.05, 4.69) is 15.9 Å². The molecule has 1 aromatic carbocycles. The zero-order valence-corrected chi connectivity index (χ0v) is 12.8. The van der Waals surface area contributed by atoms with Gasteiger partial charge in [0.25, 0.3) is 0 Å². The van der Waals surface area contributed by atoms with E-state index in [-0.39, 0.29) is 6.04 Å². The van der Waals surface area contributed by atoms with Crippen molar-refractivity contribution in [3.05, 3.63) is 24.3 Å². The molecule has 0 amide bonds. The summed E-state index contributed by atoms with van der Waals surface area (Å²) >= 11 is 0. The fourth-order valence-corrected chi connectivity index (χ4v) is 2.44. The molecule has 1 aliphatic rings. The van der Waals surface area contributed by atoms with Crippen LogP contribution in [0.25, 0.3) is 0 Å². The second-order valence-corrected chi connectivity index (χ2v) is 5.21. The summed E-state index contributed by atoms with van der Waals surface area (Å²) in [5.41, 5.74) is 0.